The Balaban J connectivity index is 2.58. The van der Waals surface area contributed by atoms with Gasteiger partial charge in [-0.1, -0.05) is 11.6 Å². The number of ether oxygens (including phenoxy) is 1. The molecule has 0 aliphatic heterocycles. The second kappa shape index (κ2) is 7.70. The Morgan fingerprint density at radius 2 is 2.26 bits per heavy atom. The molecule has 0 aromatic heterocycles. The molecule has 0 aliphatic carbocycles. The maximum absolute atomic E-state index is 11.6. The minimum absolute atomic E-state index is 0.117. The van der Waals surface area contributed by atoms with Crippen molar-refractivity contribution in [2.24, 2.45) is 0 Å². The molecular weight excluding hydrogens is 272 g/mol. The molecule has 0 saturated carbocycles. The summed E-state index contributed by atoms with van der Waals surface area (Å²) >= 11 is 5.87. The first-order valence-electron chi connectivity index (χ1n) is 5.86. The van der Waals surface area contributed by atoms with Crippen molar-refractivity contribution in [2.75, 3.05) is 18.5 Å². The van der Waals surface area contributed by atoms with Gasteiger partial charge in [0.1, 0.15) is 0 Å². The molecule has 0 bridgehead atoms. The normalized spacial score (nSPS) is 10.2. The van der Waals surface area contributed by atoms with Crippen molar-refractivity contribution in [3.8, 4) is 0 Å². The molecule has 0 atom stereocenters. The molecule has 1 aromatic rings. The number of anilines is 1. The summed E-state index contributed by atoms with van der Waals surface area (Å²) in [4.78, 5) is 21.7. The Labute approximate surface area is 115 Å². The highest BCUT2D eigenvalue weighted by molar-refractivity contribution is 6.33. The van der Waals surface area contributed by atoms with E-state index in [0.717, 1.165) is 0 Å². The van der Waals surface area contributed by atoms with Crippen LogP contribution < -0.4 is 5.32 Å². The zero-order valence-corrected chi connectivity index (χ0v) is 11.3. The fourth-order valence-electron chi connectivity index (χ4n) is 1.41. The fourth-order valence-corrected chi connectivity index (χ4v) is 1.58. The van der Waals surface area contributed by atoms with Crippen LogP contribution in [0.4, 0.5) is 11.4 Å². The van der Waals surface area contributed by atoms with Crippen LogP contribution in [-0.2, 0) is 9.53 Å². The SMILES string of the molecule is CCOCCCC(=O)Nc1cc([N+](=O)[O-])ccc1Cl. The van der Waals surface area contributed by atoms with Crippen molar-refractivity contribution in [3.05, 3.63) is 33.3 Å². The number of halogens is 1. The number of hydrogen-bond acceptors (Lipinski definition) is 4. The van der Waals surface area contributed by atoms with Crippen LogP contribution in [0.25, 0.3) is 0 Å². The van der Waals surface area contributed by atoms with Crippen LogP contribution >= 0.6 is 11.6 Å². The van der Waals surface area contributed by atoms with E-state index in [4.69, 9.17) is 16.3 Å². The molecule has 104 valence electrons. The number of nitro benzene ring substituents is 1. The standard InChI is InChI=1S/C12H15ClN2O4/c1-2-19-7-3-4-12(16)14-11-8-9(15(17)18)5-6-10(11)13/h5-6,8H,2-4,7H2,1H3,(H,14,16). The lowest BCUT2D eigenvalue weighted by molar-refractivity contribution is -0.384. The average molecular weight is 287 g/mol. The second-order valence-electron chi connectivity index (χ2n) is 3.77. The number of rotatable bonds is 7. The topological polar surface area (TPSA) is 81.5 Å². The second-order valence-corrected chi connectivity index (χ2v) is 4.18. The van der Waals surface area contributed by atoms with E-state index >= 15 is 0 Å². The number of non-ortho nitro benzene ring substituents is 1. The number of amides is 1. The van der Waals surface area contributed by atoms with E-state index in [0.29, 0.717) is 19.6 Å². The van der Waals surface area contributed by atoms with Gasteiger partial charge in [0.25, 0.3) is 5.69 Å². The van der Waals surface area contributed by atoms with Gasteiger partial charge in [-0.2, -0.15) is 0 Å². The van der Waals surface area contributed by atoms with Gasteiger partial charge in [-0.3, -0.25) is 14.9 Å². The lowest BCUT2D eigenvalue weighted by atomic mass is 10.2. The van der Waals surface area contributed by atoms with Gasteiger partial charge in [-0.15, -0.1) is 0 Å². The van der Waals surface area contributed by atoms with E-state index in [1.165, 1.54) is 18.2 Å². The van der Waals surface area contributed by atoms with E-state index in [9.17, 15) is 14.9 Å². The summed E-state index contributed by atoms with van der Waals surface area (Å²) in [5.74, 6) is -0.248. The van der Waals surface area contributed by atoms with Gasteiger partial charge in [0.2, 0.25) is 5.91 Å². The molecule has 1 rings (SSSR count). The highest BCUT2D eigenvalue weighted by atomic mass is 35.5. The zero-order valence-electron chi connectivity index (χ0n) is 10.5. The number of benzene rings is 1. The van der Waals surface area contributed by atoms with E-state index in [-0.39, 0.29) is 28.7 Å². The summed E-state index contributed by atoms with van der Waals surface area (Å²) in [7, 11) is 0. The molecule has 1 N–H and O–H groups in total. The van der Waals surface area contributed by atoms with Gasteiger partial charge in [0.05, 0.1) is 15.6 Å². The molecule has 7 heteroatoms. The third-order valence-electron chi connectivity index (χ3n) is 2.33. The minimum atomic E-state index is -0.541. The first-order valence-corrected chi connectivity index (χ1v) is 6.24. The van der Waals surface area contributed by atoms with Crippen LogP contribution in [0.1, 0.15) is 19.8 Å². The van der Waals surface area contributed by atoms with Crippen molar-refractivity contribution in [1.82, 2.24) is 0 Å². The number of nitro groups is 1. The summed E-state index contributed by atoms with van der Waals surface area (Å²) < 4.78 is 5.11. The van der Waals surface area contributed by atoms with Gasteiger partial charge in [-0.25, -0.2) is 0 Å². The van der Waals surface area contributed by atoms with Gasteiger partial charge < -0.3 is 10.1 Å². The van der Waals surface area contributed by atoms with Crippen molar-refractivity contribution in [2.45, 2.75) is 19.8 Å². The summed E-state index contributed by atoms with van der Waals surface area (Å²) in [5, 5.41) is 13.4. The Hall–Kier alpha value is -1.66. The molecule has 0 saturated heterocycles. The Morgan fingerprint density at radius 1 is 1.53 bits per heavy atom. The number of nitrogens with one attached hydrogen (secondary N) is 1. The molecule has 0 unspecified atom stereocenters. The van der Waals surface area contributed by atoms with Crippen LogP contribution in [0.3, 0.4) is 0 Å². The number of carbonyl (C=O) groups is 1. The minimum Gasteiger partial charge on any atom is -0.382 e. The molecule has 6 nitrogen and oxygen atoms in total. The number of carbonyl (C=O) groups excluding carboxylic acids is 1. The van der Waals surface area contributed by atoms with Gasteiger partial charge in [0.15, 0.2) is 0 Å². The number of nitrogens with zero attached hydrogens (tertiary/aromatic N) is 1. The van der Waals surface area contributed by atoms with Gasteiger partial charge in [-0.05, 0) is 19.4 Å². The largest absolute Gasteiger partial charge is 0.382 e. The van der Waals surface area contributed by atoms with Crippen LogP contribution in [0, 0.1) is 10.1 Å². The lowest BCUT2D eigenvalue weighted by Crippen LogP contribution is -2.12. The third kappa shape index (κ3) is 5.23. The summed E-state index contributed by atoms with van der Waals surface area (Å²) in [6.07, 6.45) is 0.866. The highest BCUT2D eigenvalue weighted by Gasteiger charge is 2.11. The van der Waals surface area contributed by atoms with Crippen LogP contribution in [0.15, 0.2) is 18.2 Å². The Bertz CT molecular complexity index is 465. The molecule has 0 fully saturated rings. The maximum atomic E-state index is 11.6. The summed E-state index contributed by atoms with van der Waals surface area (Å²) in [6.45, 7) is 2.99. The fraction of sp³-hybridized carbons (Fsp3) is 0.417. The third-order valence-corrected chi connectivity index (χ3v) is 2.66. The first kappa shape index (κ1) is 15.4. The van der Waals surface area contributed by atoms with E-state index in [2.05, 4.69) is 5.32 Å². The highest BCUT2D eigenvalue weighted by Crippen LogP contribution is 2.26. The van der Waals surface area contributed by atoms with Crippen LogP contribution in [-0.4, -0.2) is 24.0 Å². The molecule has 1 aromatic carbocycles. The monoisotopic (exact) mass is 286 g/mol. The maximum Gasteiger partial charge on any atom is 0.271 e. The molecule has 0 radical (unpaired) electrons. The van der Waals surface area contributed by atoms with Crippen molar-refractivity contribution < 1.29 is 14.5 Å². The van der Waals surface area contributed by atoms with Crippen molar-refractivity contribution in [3.63, 3.8) is 0 Å². The van der Waals surface area contributed by atoms with E-state index in [1.807, 2.05) is 6.92 Å². The smallest absolute Gasteiger partial charge is 0.271 e. The number of hydrogen-bond donors (Lipinski definition) is 1. The predicted molar refractivity (Wildman–Crippen MR) is 72.5 cm³/mol. The summed E-state index contributed by atoms with van der Waals surface area (Å²) in [6, 6.07) is 3.91. The quantitative estimate of drug-likeness (QED) is 0.474. The molecule has 1 amide bonds. The zero-order chi connectivity index (χ0) is 14.3. The van der Waals surface area contributed by atoms with Crippen molar-refractivity contribution in [1.29, 1.82) is 0 Å². The molecule has 0 aliphatic rings. The van der Waals surface area contributed by atoms with E-state index < -0.39 is 4.92 Å². The average Bonchev–Trinajstić information content (AvgIpc) is 2.37. The Kier molecular flexibility index (Phi) is 6.24. The molecular formula is C12H15ClN2O4. The van der Waals surface area contributed by atoms with Crippen molar-refractivity contribution >= 4 is 28.9 Å². The Morgan fingerprint density at radius 3 is 2.89 bits per heavy atom. The van der Waals surface area contributed by atoms with Crippen LogP contribution in [0.5, 0.6) is 0 Å². The molecule has 0 spiro atoms. The predicted octanol–water partition coefficient (Wildman–Crippen LogP) is 3.00. The van der Waals surface area contributed by atoms with Gasteiger partial charge in [0, 0.05) is 31.8 Å². The lowest BCUT2D eigenvalue weighted by Gasteiger charge is -2.07. The van der Waals surface area contributed by atoms with Gasteiger partial charge >= 0.3 is 0 Å². The molecule has 19 heavy (non-hydrogen) atoms. The first-order chi connectivity index (χ1) is 9.04. The van der Waals surface area contributed by atoms with Crippen LogP contribution in [0.2, 0.25) is 5.02 Å². The van der Waals surface area contributed by atoms with E-state index in [1.54, 1.807) is 0 Å². The molecule has 0 heterocycles. The summed E-state index contributed by atoms with van der Waals surface area (Å²) in [5.41, 5.74) is 0.131.